The zero-order valence-corrected chi connectivity index (χ0v) is 18.3. The van der Waals surface area contributed by atoms with Crippen molar-refractivity contribution >= 4 is 10.9 Å². The third kappa shape index (κ3) is 4.02. The standard InChI is InChI=1S/C23H30N6O2/c1-15-11-17-13-19(23(30)24-20(17)12-16(15)2)21(28-8-4-3-5-9-28)22-25-26-27-29(22)14-18-7-6-10-31-18/h11-13,18,21H,3-10,14H2,1-2H3,(H,24,30)/t18-,21+/m0/s1. The molecule has 0 bridgehead atoms. The molecule has 1 aromatic carbocycles. The first-order chi connectivity index (χ1) is 15.1. The number of tetrazole rings is 1. The minimum absolute atomic E-state index is 0.0713. The average molecular weight is 423 g/mol. The number of likely N-dealkylation sites (tertiary alicyclic amines) is 1. The number of aromatic amines is 1. The molecule has 164 valence electrons. The maximum atomic E-state index is 13.3. The number of nitrogens with one attached hydrogen (secondary N) is 1. The van der Waals surface area contributed by atoms with E-state index in [4.69, 9.17) is 4.74 Å². The van der Waals surface area contributed by atoms with Gasteiger partial charge in [-0.1, -0.05) is 6.42 Å². The first kappa shape index (κ1) is 20.3. The maximum Gasteiger partial charge on any atom is 0.253 e. The van der Waals surface area contributed by atoms with Crippen molar-refractivity contribution in [2.24, 2.45) is 0 Å². The zero-order valence-electron chi connectivity index (χ0n) is 18.3. The number of aromatic nitrogens is 5. The lowest BCUT2D eigenvalue weighted by Gasteiger charge is -2.33. The van der Waals surface area contributed by atoms with Crippen molar-refractivity contribution in [3.63, 3.8) is 0 Å². The lowest BCUT2D eigenvalue weighted by atomic mass is 9.99. The van der Waals surface area contributed by atoms with Gasteiger partial charge >= 0.3 is 0 Å². The van der Waals surface area contributed by atoms with E-state index in [-0.39, 0.29) is 17.7 Å². The Balaban J connectivity index is 1.61. The molecule has 2 aliphatic heterocycles. The smallest absolute Gasteiger partial charge is 0.253 e. The molecule has 0 unspecified atom stereocenters. The summed E-state index contributed by atoms with van der Waals surface area (Å²) in [5, 5.41) is 13.7. The molecular formula is C23H30N6O2. The van der Waals surface area contributed by atoms with Crippen LogP contribution in [0.3, 0.4) is 0 Å². The van der Waals surface area contributed by atoms with E-state index in [1.165, 1.54) is 17.5 Å². The molecule has 0 radical (unpaired) electrons. The van der Waals surface area contributed by atoms with Crippen LogP contribution in [0.25, 0.3) is 10.9 Å². The number of hydrogen-bond acceptors (Lipinski definition) is 6. The van der Waals surface area contributed by atoms with E-state index < -0.39 is 0 Å². The summed E-state index contributed by atoms with van der Waals surface area (Å²) in [6, 6.07) is 5.96. The Morgan fingerprint density at radius 2 is 1.94 bits per heavy atom. The number of pyridine rings is 1. The molecule has 8 nitrogen and oxygen atoms in total. The van der Waals surface area contributed by atoms with E-state index in [2.05, 4.69) is 45.3 Å². The largest absolute Gasteiger partial charge is 0.376 e. The lowest BCUT2D eigenvalue weighted by Crippen LogP contribution is -2.39. The number of benzene rings is 1. The van der Waals surface area contributed by atoms with Crippen LogP contribution in [0.15, 0.2) is 23.0 Å². The van der Waals surface area contributed by atoms with Gasteiger partial charge in [-0.15, -0.1) is 5.10 Å². The molecule has 0 saturated carbocycles. The van der Waals surface area contributed by atoms with Crippen molar-refractivity contribution in [2.45, 2.75) is 64.6 Å². The topological polar surface area (TPSA) is 88.9 Å². The highest BCUT2D eigenvalue weighted by molar-refractivity contribution is 5.81. The van der Waals surface area contributed by atoms with Crippen LogP contribution >= 0.6 is 0 Å². The summed E-state index contributed by atoms with van der Waals surface area (Å²) in [4.78, 5) is 18.8. The summed E-state index contributed by atoms with van der Waals surface area (Å²) in [6.45, 7) is 7.45. The number of nitrogens with zero attached hydrogens (tertiary/aromatic N) is 5. The van der Waals surface area contributed by atoms with Crippen LogP contribution < -0.4 is 5.56 Å². The molecule has 8 heteroatoms. The van der Waals surface area contributed by atoms with E-state index in [0.717, 1.165) is 62.1 Å². The molecular weight excluding hydrogens is 392 g/mol. The summed E-state index contributed by atoms with van der Waals surface area (Å²) in [5.41, 5.74) is 3.89. The Morgan fingerprint density at radius 1 is 1.13 bits per heavy atom. The van der Waals surface area contributed by atoms with Crippen LogP contribution in [0.2, 0.25) is 0 Å². The predicted octanol–water partition coefficient (Wildman–Crippen LogP) is 2.89. The second kappa shape index (κ2) is 8.51. The third-order valence-electron chi connectivity index (χ3n) is 6.74. The van der Waals surface area contributed by atoms with E-state index >= 15 is 0 Å². The van der Waals surface area contributed by atoms with Crippen LogP contribution in [0.1, 0.15) is 60.7 Å². The van der Waals surface area contributed by atoms with Gasteiger partial charge in [-0.25, -0.2) is 4.68 Å². The summed E-state index contributed by atoms with van der Waals surface area (Å²) >= 11 is 0. The van der Waals surface area contributed by atoms with E-state index in [1.807, 2.05) is 16.8 Å². The molecule has 2 atom stereocenters. The third-order valence-corrected chi connectivity index (χ3v) is 6.74. The van der Waals surface area contributed by atoms with Crippen molar-refractivity contribution in [3.05, 3.63) is 51.1 Å². The van der Waals surface area contributed by atoms with Gasteiger partial charge in [0.2, 0.25) is 0 Å². The Kier molecular flexibility index (Phi) is 5.58. The Labute approximate surface area is 181 Å². The van der Waals surface area contributed by atoms with E-state index in [0.29, 0.717) is 12.1 Å². The summed E-state index contributed by atoms with van der Waals surface area (Å²) < 4.78 is 7.67. The van der Waals surface area contributed by atoms with Gasteiger partial charge in [-0.3, -0.25) is 9.69 Å². The van der Waals surface area contributed by atoms with E-state index in [1.54, 1.807) is 0 Å². The minimum Gasteiger partial charge on any atom is -0.376 e. The average Bonchev–Trinajstić information content (AvgIpc) is 3.44. The summed E-state index contributed by atoms with van der Waals surface area (Å²) in [7, 11) is 0. The second-order valence-electron chi connectivity index (χ2n) is 8.93. The van der Waals surface area contributed by atoms with Crippen LogP contribution in [0.5, 0.6) is 0 Å². The Bertz CT molecular complexity index is 1120. The fraction of sp³-hybridized carbons (Fsp3) is 0.565. The van der Waals surface area contributed by atoms with Crippen LogP contribution in [0.4, 0.5) is 0 Å². The molecule has 2 fully saturated rings. The highest BCUT2D eigenvalue weighted by Gasteiger charge is 2.32. The van der Waals surface area contributed by atoms with Gasteiger partial charge in [0.15, 0.2) is 5.82 Å². The van der Waals surface area contributed by atoms with Gasteiger partial charge in [-0.2, -0.15) is 0 Å². The van der Waals surface area contributed by atoms with Crippen molar-refractivity contribution in [2.75, 3.05) is 19.7 Å². The lowest BCUT2D eigenvalue weighted by molar-refractivity contribution is 0.0902. The number of fused-ring (bicyclic) bond motifs is 1. The molecule has 2 aliphatic rings. The SMILES string of the molecule is Cc1cc2cc([C@H](c3nnnn3C[C@@H]3CCCO3)N3CCCCC3)c(=O)[nH]c2cc1C. The first-order valence-corrected chi connectivity index (χ1v) is 11.4. The van der Waals surface area contributed by atoms with Gasteiger partial charge in [-0.05, 0) is 97.8 Å². The number of rotatable bonds is 5. The van der Waals surface area contributed by atoms with Crippen molar-refractivity contribution in [1.82, 2.24) is 30.1 Å². The van der Waals surface area contributed by atoms with E-state index in [9.17, 15) is 4.79 Å². The molecule has 0 aliphatic carbocycles. The Morgan fingerprint density at radius 3 is 2.71 bits per heavy atom. The molecule has 31 heavy (non-hydrogen) atoms. The first-order valence-electron chi connectivity index (χ1n) is 11.4. The number of aryl methyl sites for hydroxylation is 2. The molecule has 5 rings (SSSR count). The molecule has 0 spiro atoms. The predicted molar refractivity (Wildman–Crippen MR) is 118 cm³/mol. The normalized spacial score (nSPS) is 21.0. The van der Waals surface area contributed by atoms with Gasteiger partial charge < -0.3 is 9.72 Å². The molecule has 3 aromatic rings. The summed E-state index contributed by atoms with van der Waals surface area (Å²) in [5.74, 6) is 0.728. The number of hydrogen-bond donors (Lipinski definition) is 1. The number of H-pyrrole nitrogens is 1. The molecule has 0 amide bonds. The monoisotopic (exact) mass is 422 g/mol. The van der Waals surface area contributed by atoms with Gasteiger partial charge in [0.25, 0.3) is 5.56 Å². The molecule has 2 saturated heterocycles. The summed E-state index contributed by atoms with van der Waals surface area (Å²) in [6.07, 6.45) is 5.67. The fourth-order valence-corrected chi connectivity index (χ4v) is 4.89. The van der Waals surface area contributed by atoms with Gasteiger partial charge in [0, 0.05) is 17.7 Å². The zero-order chi connectivity index (χ0) is 21.4. The van der Waals surface area contributed by atoms with Crippen LogP contribution in [-0.2, 0) is 11.3 Å². The molecule has 2 aromatic heterocycles. The molecule has 1 N–H and O–H groups in total. The quantitative estimate of drug-likeness (QED) is 0.680. The van der Waals surface area contributed by atoms with Crippen molar-refractivity contribution in [3.8, 4) is 0 Å². The highest BCUT2D eigenvalue weighted by Crippen LogP contribution is 2.30. The van der Waals surface area contributed by atoms with Gasteiger partial charge in [0.1, 0.15) is 6.04 Å². The second-order valence-corrected chi connectivity index (χ2v) is 8.93. The van der Waals surface area contributed by atoms with Crippen molar-refractivity contribution < 1.29 is 4.74 Å². The molecule has 4 heterocycles. The maximum absolute atomic E-state index is 13.3. The van der Waals surface area contributed by atoms with Crippen LogP contribution in [-0.4, -0.2) is 55.9 Å². The van der Waals surface area contributed by atoms with Crippen LogP contribution in [0, 0.1) is 13.8 Å². The highest BCUT2D eigenvalue weighted by atomic mass is 16.5. The van der Waals surface area contributed by atoms with Crippen molar-refractivity contribution in [1.29, 1.82) is 0 Å². The Hall–Kier alpha value is -2.58. The van der Waals surface area contributed by atoms with Gasteiger partial charge in [0.05, 0.1) is 12.6 Å². The fourth-order valence-electron chi connectivity index (χ4n) is 4.89. The number of ether oxygens (including phenoxy) is 1. The minimum atomic E-state index is -0.272. The number of piperidine rings is 1.